The van der Waals surface area contributed by atoms with Crippen molar-refractivity contribution < 1.29 is 23.5 Å². The third kappa shape index (κ3) is 5.59. The summed E-state index contributed by atoms with van der Waals surface area (Å²) in [6.07, 6.45) is 0.266. The average Bonchev–Trinajstić information content (AvgIpc) is 2.39. The van der Waals surface area contributed by atoms with Crippen LogP contribution in [0, 0.1) is 17.6 Å². The van der Waals surface area contributed by atoms with Crippen LogP contribution in [0.3, 0.4) is 0 Å². The Balaban J connectivity index is 2.88. The van der Waals surface area contributed by atoms with E-state index in [4.69, 9.17) is 5.11 Å². The molecular formula is C15H19F2NO3. The number of Topliss-reactive ketones (excluding diaryl/α,β-unsaturated/α-hetero) is 1. The number of hydrogen-bond acceptors (Lipinski definition) is 3. The van der Waals surface area contributed by atoms with Crippen molar-refractivity contribution in [3.63, 3.8) is 0 Å². The van der Waals surface area contributed by atoms with Crippen molar-refractivity contribution in [2.75, 3.05) is 6.54 Å². The molecule has 1 aromatic rings. The molecule has 1 aromatic carbocycles. The highest BCUT2D eigenvalue weighted by atomic mass is 19.1. The van der Waals surface area contributed by atoms with E-state index in [1.807, 2.05) is 13.8 Å². The molecule has 1 unspecified atom stereocenters. The van der Waals surface area contributed by atoms with Crippen LogP contribution in [-0.2, 0) is 4.79 Å². The number of carboxylic acids is 1. The Morgan fingerprint density at radius 2 is 1.95 bits per heavy atom. The highest BCUT2D eigenvalue weighted by molar-refractivity contribution is 6.01. The Morgan fingerprint density at radius 1 is 1.29 bits per heavy atom. The molecule has 2 N–H and O–H groups in total. The molecular weight excluding hydrogens is 280 g/mol. The van der Waals surface area contributed by atoms with Crippen molar-refractivity contribution in [3.8, 4) is 0 Å². The first-order valence-electron chi connectivity index (χ1n) is 6.75. The van der Waals surface area contributed by atoms with Crippen molar-refractivity contribution in [1.29, 1.82) is 0 Å². The number of halogens is 2. The Morgan fingerprint density at radius 3 is 2.52 bits per heavy atom. The second-order valence-electron chi connectivity index (χ2n) is 5.28. The van der Waals surface area contributed by atoms with E-state index in [1.165, 1.54) is 0 Å². The summed E-state index contributed by atoms with van der Waals surface area (Å²) in [6.45, 7) is 4.40. The monoisotopic (exact) mass is 299 g/mol. The number of carbonyl (C=O) groups excluding carboxylic acids is 1. The zero-order chi connectivity index (χ0) is 16.0. The number of rotatable bonds is 8. The van der Waals surface area contributed by atoms with Crippen LogP contribution < -0.4 is 5.32 Å². The van der Waals surface area contributed by atoms with E-state index in [1.54, 1.807) is 0 Å². The molecule has 6 heteroatoms. The molecule has 0 aromatic heterocycles. The van der Waals surface area contributed by atoms with Gasteiger partial charge in [-0.2, -0.15) is 0 Å². The van der Waals surface area contributed by atoms with Gasteiger partial charge >= 0.3 is 5.97 Å². The number of aliphatic carboxylic acids is 1. The first-order valence-corrected chi connectivity index (χ1v) is 6.75. The third-order valence-corrected chi connectivity index (χ3v) is 3.00. The predicted octanol–water partition coefficient (Wildman–Crippen LogP) is 2.63. The summed E-state index contributed by atoms with van der Waals surface area (Å²) in [5.41, 5.74) is -0.432. The molecule has 116 valence electrons. The highest BCUT2D eigenvalue weighted by Crippen LogP contribution is 2.14. The molecule has 0 aliphatic rings. The van der Waals surface area contributed by atoms with Crippen molar-refractivity contribution >= 4 is 11.8 Å². The van der Waals surface area contributed by atoms with Crippen LogP contribution in [0.5, 0.6) is 0 Å². The summed E-state index contributed by atoms with van der Waals surface area (Å²) in [4.78, 5) is 23.0. The van der Waals surface area contributed by atoms with E-state index in [9.17, 15) is 18.4 Å². The summed E-state index contributed by atoms with van der Waals surface area (Å²) in [6, 6.07) is 1.48. The quantitative estimate of drug-likeness (QED) is 0.724. The maximum absolute atomic E-state index is 13.6. The van der Waals surface area contributed by atoms with Crippen molar-refractivity contribution in [1.82, 2.24) is 5.32 Å². The average molecular weight is 299 g/mol. The van der Waals surface area contributed by atoms with Crippen LogP contribution in [0.1, 0.15) is 37.0 Å². The van der Waals surface area contributed by atoms with Crippen LogP contribution in [0.2, 0.25) is 0 Å². The van der Waals surface area contributed by atoms with Gasteiger partial charge in [-0.1, -0.05) is 13.8 Å². The summed E-state index contributed by atoms with van der Waals surface area (Å²) in [5, 5.41) is 11.7. The lowest BCUT2D eigenvalue weighted by atomic mass is 10.0. The summed E-state index contributed by atoms with van der Waals surface area (Å²) in [7, 11) is 0. The molecule has 0 aliphatic heterocycles. The van der Waals surface area contributed by atoms with Gasteiger partial charge in [0.05, 0.1) is 18.0 Å². The van der Waals surface area contributed by atoms with Gasteiger partial charge in [-0.05, 0) is 37.1 Å². The topological polar surface area (TPSA) is 66.4 Å². The van der Waals surface area contributed by atoms with Crippen LogP contribution >= 0.6 is 0 Å². The van der Waals surface area contributed by atoms with Crippen molar-refractivity contribution in [3.05, 3.63) is 35.4 Å². The number of ketones is 1. The smallest absolute Gasteiger partial charge is 0.305 e. The number of benzene rings is 1. The molecule has 1 atom stereocenters. The molecule has 0 aliphatic carbocycles. The molecule has 0 saturated heterocycles. The van der Waals surface area contributed by atoms with Gasteiger partial charge < -0.3 is 10.4 Å². The van der Waals surface area contributed by atoms with Crippen molar-refractivity contribution in [2.45, 2.75) is 32.7 Å². The van der Waals surface area contributed by atoms with E-state index < -0.39 is 41.4 Å². The Bertz CT molecular complexity index is 518. The van der Waals surface area contributed by atoms with Crippen molar-refractivity contribution in [2.24, 2.45) is 5.92 Å². The van der Waals surface area contributed by atoms with Gasteiger partial charge in [0.15, 0.2) is 5.78 Å². The molecule has 0 heterocycles. The van der Waals surface area contributed by atoms with Gasteiger partial charge in [0.2, 0.25) is 0 Å². The fourth-order valence-corrected chi connectivity index (χ4v) is 1.85. The summed E-state index contributed by atoms with van der Waals surface area (Å²) in [5.74, 6) is -3.15. The van der Waals surface area contributed by atoms with Crippen LogP contribution in [0.4, 0.5) is 8.78 Å². The van der Waals surface area contributed by atoms with E-state index in [-0.39, 0.29) is 0 Å². The van der Waals surface area contributed by atoms with E-state index in [0.717, 1.165) is 24.6 Å². The van der Waals surface area contributed by atoms with Crippen LogP contribution in [0.15, 0.2) is 18.2 Å². The van der Waals surface area contributed by atoms with E-state index >= 15 is 0 Å². The highest BCUT2D eigenvalue weighted by Gasteiger charge is 2.25. The molecule has 0 amide bonds. The minimum Gasteiger partial charge on any atom is -0.481 e. The molecule has 1 rings (SSSR count). The zero-order valence-electron chi connectivity index (χ0n) is 12.0. The normalized spacial score (nSPS) is 12.4. The largest absolute Gasteiger partial charge is 0.481 e. The fraction of sp³-hybridized carbons (Fsp3) is 0.467. The Labute approximate surface area is 122 Å². The lowest BCUT2D eigenvalue weighted by Crippen LogP contribution is -2.40. The third-order valence-electron chi connectivity index (χ3n) is 3.00. The molecule has 0 saturated carbocycles. The first kappa shape index (κ1) is 17.2. The van der Waals surface area contributed by atoms with Crippen LogP contribution in [-0.4, -0.2) is 29.4 Å². The van der Waals surface area contributed by atoms with Gasteiger partial charge in [-0.25, -0.2) is 8.78 Å². The minimum absolute atomic E-state index is 0.379. The number of carboxylic acid groups (broad SMARTS) is 1. The lowest BCUT2D eigenvalue weighted by molar-refractivity contribution is -0.137. The van der Waals surface area contributed by atoms with Crippen LogP contribution in [0.25, 0.3) is 0 Å². The fourth-order valence-electron chi connectivity index (χ4n) is 1.85. The zero-order valence-corrected chi connectivity index (χ0v) is 12.0. The lowest BCUT2D eigenvalue weighted by Gasteiger charge is -2.17. The second-order valence-corrected chi connectivity index (χ2v) is 5.28. The SMILES string of the molecule is CC(C)CCNC(CC(=O)O)C(=O)c1cc(F)ccc1F. The molecule has 0 fully saturated rings. The van der Waals surface area contributed by atoms with Gasteiger partial charge in [-0.3, -0.25) is 9.59 Å². The Kier molecular flexibility index (Phi) is 6.42. The number of hydrogen-bond donors (Lipinski definition) is 2. The number of carbonyl (C=O) groups is 2. The summed E-state index contributed by atoms with van der Waals surface area (Å²) >= 11 is 0. The van der Waals surface area contributed by atoms with E-state index in [2.05, 4.69) is 5.32 Å². The molecule has 0 bridgehead atoms. The first-order chi connectivity index (χ1) is 9.81. The second kappa shape index (κ2) is 7.83. The predicted molar refractivity (Wildman–Crippen MR) is 74.2 cm³/mol. The van der Waals surface area contributed by atoms with Gasteiger partial charge in [-0.15, -0.1) is 0 Å². The molecule has 21 heavy (non-hydrogen) atoms. The van der Waals surface area contributed by atoms with E-state index in [0.29, 0.717) is 12.5 Å². The molecule has 0 radical (unpaired) electrons. The Hall–Kier alpha value is -1.82. The van der Waals surface area contributed by atoms with Gasteiger partial charge in [0.1, 0.15) is 11.6 Å². The minimum atomic E-state index is -1.18. The maximum Gasteiger partial charge on any atom is 0.305 e. The van der Waals surface area contributed by atoms with Gasteiger partial charge in [0, 0.05) is 0 Å². The standard InChI is InChI=1S/C15H19F2NO3/c1-9(2)5-6-18-13(8-14(19)20)15(21)11-7-10(16)3-4-12(11)17/h3-4,7,9,13,18H,5-6,8H2,1-2H3,(H,19,20). The molecule has 0 spiro atoms. The van der Waals surface area contributed by atoms with Gasteiger partial charge in [0.25, 0.3) is 0 Å². The number of nitrogens with one attached hydrogen (secondary N) is 1. The molecule has 4 nitrogen and oxygen atoms in total. The maximum atomic E-state index is 13.6. The summed E-state index contributed by atoms with van der Waals surface area (Å²) < 4.78 is 26.7.